The summed E-state index contributed by atoms with van der Waals surface area (Å²) in [6, 6.07) is 5.74. The van der Waals surface area contributed by atoms with Crippen LogP contribution in [-0.2, 0) is 9.59 Å². The SMILES string of the molecule is N#Cc1cccc(NC(=O)N[C@H](CC(N)=O)C(=O)O)c1. The van der Waals surface area contributed by atoms with Crippen LogP contribution < -0.4 is 16.4 Å². The maximum atomic E-state index is 11.6. The third kappa shape index (κ3) is 4.66. The highest BCUT2D eigenvalue weighted by Crippen LogP contribution is 2.09. The number of hydrogen-bond acceptors (Lipinski definition) is 4. The Balaban J connectivity index is 2.68. The molecule has 1 rings (SSSR count). The number of nitriles is 1. The molecule has 0 saturated carbocycles. The molecule has 8 heteroatoms. The van der Waals surface area contributed by atoms with E-state index < -0.39 is 30.4 Å². The van der Waals surface area contributed by atoms with Crippen LogP contribution in [0.25, 0.3) is 0 Å². The van der Waals surface area contributed by atoms with Gasteiger partial charge in [0.15, 0.2) is 0 Å². The van der Waals surface area contributed by atoms with Gasteiger partial charge in [0.25, 0.3) is 0 Å². The van der Waals surface area contributed by atoms with Gasteiger partial charge < -0.3 is 21.5 Å². The molecule has 0 unspecified atom stereocenters. The molecule has 0 aliphatic heterocycles. The summed E-state index contributed by atoms with van der Waals surface area (Å²) in [7, 11) is 0. The van der Waals surface area contributed by atoms with Gasteiger partial charge in [-0.3, -0.25) is 4.79 Å². The number of benzene rings is 1. The Labute approximate surface area is 114 Å². The highest BCUT2D eigenvalue weighted by molar-refractivity contribution is 5.93. The first-order valence-electron chi connectivity index (χ1n) is 5.51. The number of nitrogens with one attached hydrogen (secondary N) is 2. The summed E-state index contributed by atoms with van der Waals surface area (Å²) in [6.45, 7) is 0. The van der Waals surface area contributed by atoms with Crippen molar-refractivity contribution in [2.75, 3.05) is 5.32 Å². The second kappa shape index (κ2) is 6.75. The molecule has 0 aromatic heterocycles. The quantitative estimate of drug-likeness (QED) is 0.598. The summed E-state index contributed by atoms with van der Waals surface area (Å²) in [4.78, 5) is 33.1. The van der Waals surface area contributed by atoms with Crippen LogP contribution in [-0.4, -0.2) is 29.1 Å². The molecule has 0 heterocycles. The van der Waals surface area contributed by atoms with Crippen molar-refractivity contribution >= 4 is 23.6 Å². The lowest BCUT2D eigenvalue weighted by Crippen LogP contribution is -2.45. The van der Waals surface area contributed by atoms with Gasteiger partial charge >= 0.3 is 12.0 Å². The zero-order chi connectivity index (χ0) is 15.1. The monoisotopic (exact) mass is 276 g/mol. The minimum Gasteiger partial charge on any atom is -0.480 e. The summed E-state index contributed by atoms with van der Waals surface area (Å²) in [5.41, 5.74) is 5.55. The molecule has 0 spiro atoms. The Morgan fingerprint density at radius 1 is 1.40 bits per heavy atom. The van der Waals surface area contributed by atoms with Crippen molar-refractivity contribution in [3.05, 3.63) is 29.8 Å². The summed E-state index contributed by atoms with van der Waals surface area (Å²) in [5, 5.41) is 22.0. The van der Waals surface area contributed by atoms with E-state index in [0.717, 1.165) is 0 Å². The molecule has 3 amide bonds. The Morgan fingerprint density at radius 3 is 2.65 bits per heavy atom. The van der Waals surface area contributed by atoms with E-state index in [1.54, 1.807) is 12.1 Å². The summed E-state index contributed by atoms with van der Waals surface area (Å²) >= 11 is 0. The van der Waals surface area contributed by atoms with Gasteiger partial charge in [-0.15, -0.1) is 0 Å². The third-order valence-corrected chi connectivity index (χ3v) is 2.26. The number of nitrogens with two attached hydrogens (primary N) is 1. The highest BCUT2D eigenvalue weighted by Gasteiger charge is 2.22. The predicted octanol–water partition coefficient (Wildman–Crippen LogP) is 0.00838. The van der Waals surface area contributed by atoms with E-state index in [4.69, 9.17) is 16.1 Å². The van der Waals surface area contributed by atoms with Crippen LogP contribution in [0.1, 0.15) is 12.0 Å². The van der Waals surface area contributed by atoms with E-state index in [1.807, 2.05) is 6.07 Å². The molecule has 20 heavy (non-hydrogen) atoms. The molecule has 0 fully saturated rings. The van der Waals surface area contributed by atoms with Gasteiger partial charge in [0.2, 0.25) is 5.91 Å². The predicted molar refractivity (Wildman–Crippen MR) is 68.5 cm³/mol. The number of carboxylic acid groups (broad SMARTS) is 1. The molecular weight excluding hydrogens is 264 g/mol. The second-order valence-corrected chi connectivity index (χ2v) is 3.85. The first kappa shape index (κ1) is 15.0. The standard InChI is InChI=1S/C12H12N4O4/c13-6-7-2-1-3-8(4-7)15-12(20)16-9(11(18)19)5-10(14)17/h1-4,9H,5H2,(H2,14,17)(H,18,19)(H2,15,16,20)/t9-/m1/s1. The fourth-order valence-electron chi connectivity index (χ4n) is 1.39. The van der Waals surface area contributed by atoms with Gasteiger partial charge in [0.05, 0.1) is 18.1 Å². The number of anilines is 1. The lowest BCUT2D eigenvalue weighted by molar-refractivity contribution is -0.140. The lowest BCUT2D eigenvalue weighted by atomic mass is 10.2. The number of rotatable bonds is 5. The Bertz CT molecular complexity index is 579. The van der Waals surface area contributed by atoms with Crippen LogP contribution in [0.5, 0.6) is 0 Å². The number of hydrogen-bond donors (Lipinski definition) is 4. The van der Waals surface area contributed by atoms with E-state index in [0.29, 0.717) is 11.3 Å². The van der Waals surface area contributed by atoms with Crippen molar-refractivity contribution in [1.82, 2.24) is 5.32 Å². The molecule has 1 atom stereocenters. The zero-order valence-electron chi connectivity index (χ0n) is 10.3. The zero-order valence-corrected chi connectivity index (χ0v) is 10.3. The maximum Gasteiger partial charge on any atom is 0.326 e. The molecule has 104 valence electrons. The van der Waals surface area contributed by atoms with E-state index in [9.17, 15) is 14.4 Å². The van der Waals surface area contributed by atoms with Crippen LogP contribution in [0, 0.1) is 11.3 Å². The molecule has 1 aromatic rings. The van der Waals surface area contributed by atoms with Crippen molar-refractivity contribution in [2.45, 2.75) is 12.5 Å². The molecule has 0 saturated heterocycles. The first-order valence-corrected chi connectivity index (χ1v) is 5.51. The Hall–Kier alpha value is -3.08. The van der Waals surface area contributed by atoms with Gasteiger partial charge in [-0.05, 0) is 18.2 Å². The van der Waals surface area contributed by atoms with Crippen molar-refractivity contribution in [2.24, 2.45) is 5.73 Å². The van der Waals surface area contributed by atoms with E-state index >= 15 is 0 Å². The normalized spacial score (nSPS) is 10.9. The fourth-order valence-corrected chi connectivity index (χ4v) is 1.39. The fraction of sp³-hybridized carbons (Fsp3) is 0.167. The first-order chi connectivity index (χ1) is 9.42. The number of aliphatic carboxylic acids is 1. The highest BCUT2D eigenvalue weighted by atomic mass is 16.4. The molecule has 1 aromatic carbocycles. The molecule has 0 radical (unpaired) electrons. The summed E-state index contributed by atoms with van der Waals surface area (Å²) in [6.07, 6.45) is -0.513. The number of carbonyl (C=O) groups excluding carboxylic acids is 2. The molecule has 0 aliphatic rings. The van der Waals surface area contributed by atoms with E-state index in [2.05, 4.69) is 10.6 Å². The van der Waals surface area contributed by atoms with Gasteiger partial charge in [-0.2, -0.15) is 5.26 Å². The van der Waals surface area contributed by atoms with Gasteiger partial charge in [-0.25, -0.2) is 9.59 Å². The van der Waals surface area contributed by atoms with Gasteiger partial charge in [0, 0.05) is 5.69 Å². The topological polar surface area (TPSA) is 145 Å². The number of carboxylic acids is 1. The number of carbonyl (C=O) groups is 3. The van der Waals surface area contributed by atoms with Gasteiger partial charge in [-0.1, -0.05) is 6.07 Å². The molecule has 0 aliphatic carbocycles. The molecule has 0 bridgehead atoms. The van der Waals surface area contributed by atoms with E-state index in [1.165, 1.54) is 12.1 Å². The average molecular weight is 276 g/mol. The van der Waals surface area contributed by atoms with Crippen LogP contribution in [0.3, 0.4) is 0 Å². The largest absolute Gasteiger partial charge is 0.480 e. The van der Waals surface area contributed by atoms with Crippen LogP contribution >= 0.6 is 0 Å². The minimum atomic E-state index is -1.41. The van der Waals surface area contributed by atoms with Gasteiger partial charge in [0.1, 0.15) is 6.04 Å². The lowest BCUT2D eigenvalue weighted by Gasteiger charge is -2.13. The number of primary amides is 1. The smallest absolute Gasteiger partial charge is 0.326 e. The Morgan fingerprint density at radius 2 is 2.10 bits per heavy atom. The molecule has 8 nitrogen and oxygen atoms in total. The van der Waals surface area contributed by atoms with Crippen molar-refractivity contribution in [1.29, 1.82) is 5.26 Å². The minimum absolute atomic E-state index is 0.324. The Kier molecular flexibility index (Phi) is 5.05. The van der Waals surface area contributed by atoms with Crippen LogP contribution in [0.2, 0.25) is 0 Å². The summed E-state index contributed by atoms with van der Waals surface area (Å²) < 4.78 is 0. The van der Waals surface area contributed by atoms with Crippen LogP contribution in [0.15, 0.2) is 24.3 Å². The maximum absolute atomic E-state index is 11.6. The van der Waals surface area contributed by atoms with E-state index in [-0.39, 0.29) is 0 Å². The van der Waals surface area contributed by atoms with Crippen molar-refractivity contribution in [3.63, 3.8) is 0 Å². The third-order valence-electron chi connectivity index (χ3n) is 2.26. The van der Waals surface area contributed by atoms with Crippen molar-refractivity contribution < 1.29 is 19.5 Å². The number of urea groups is 1. The average Bonchev–Trinajstić information content (AvgIpc) is 2.37. The second-order valence-electron chi connectivity index (χ2n) is 3.85. The molecular formula is C12H12N4O4. The number of amides is 3. The van der Waals surface area contributed by atoms with Crippen molar-refractivity contribution in [3.8, 4) is 6.07 Å². The summed E-state index contributed by atoms with van der Waals surface area (Å²) in [5.74, 6) is -2.21. The number of nitrogens with zero attached hydrogens (tertiary/aromatic N) is 1. The van der Waals surface area contributed by atoms with Crippen LogP contribution in [0.4, 0.5) is 10.5 Å². The molecule has 5 N–H and O–H groups in total.